The average molecular weight is 397 g/mol. The third-order valence-corrected chi connectivity index (χ3v) is 5.25. The molecule has 0 unspecified atom stereocenters. The van der Waals surface area contributed by atoms with Crippen molar-refractivity contribution in [3.8, 4) is 0 Å². The fraction of sp³-hybridized carbons (Fsp3) is 0.160. The summed E-state index contributed by atoms with van der Waals surface area (Å²) >= 11 is 0. The quantitative estimate of drug-likeness (QED) is 0.633. The minimum atomic E-state index is -0.349. The van der Waals surface area contributed by atoms with Gasteiger partial charge in [0.15, 0.2) is 0 Å². The predicted molar refractivity (Wildman–Crippen MR) is 117 cm³/mol. The number of hydrogen-bond acceptors (Lipinski definition) is 3. The van der Waals surface area contributed by atoms with Gasteiger partial charge in [-0.25, -0.2) is 4.98 Å². The molecule has 30 heavy (non-hydrogen) atoms. The van der Waals surface area contributed by atoms with Crippen LogP contribution in [0.2, 0.25) is 0 Å². The first kappa shape index (κ1) is 19.6. The van der Waals surface area contributed by atoms with Crippen molar-refractivity contribution in [2.45, 2.75) is 25.9 Å². The minimum Gasteiger partial charge on any atom is -0.311 e. The van der Waals surface area contributed by atoms with E-state index in [0.717, 1.165) is 16.7 Å². The number of fused-ring (bicyclic) bond motifs is 1. The first-order valence-corrected chi connectivity index (χ1v) is 9.95. The smallest absolute Gasteiger partial charge is 0.230 e. The van der Waals surface area contributed by atoms with E-state index in [1.807, 2.05) is 78.9 Å². The van der Waals surface area contributed by atoms with Gasteiger partial charge in [-0.2, -0.15) is 0 Å². The van der Waals surface area contributed by atoms with Crippen LogP contribution in [0.3, 0.4) is 0 Å². The number of hydrogen-bond donors (Lipinski definition) is 0. The van der Waals surface area contributed by atoms with Crippen molar-refractivity contribution in [3.05, 3.63) is 102 Å². The number of benzene rings is 2. The fourth-order valence-electron chi connectivity index (χ4n) is 3.77. The van der Waals surface area contributed by atoms with Crippen LogP contribution in [0.1, 0.15) is 36.1 Å². The molecule has 0 N–H and O–H groups in total. The number of aromatic nitrogens is 1. The molecule has 0 radical (unpaired) electrons. The maximum atomic E-state index is 13.5. The third kappa shape index (κ3) is 4.15. The third-order valence-electron chi connectivity index (χ3n) is 5.25. The van der Waals surface area contributed by atoms with E-state index in [4.69, 9.17) is 0 Å². The second-order valence-electron chi connectivity index (χ2n) is 7.24. The summed E-state index contributed by atoms with van der Waals surface area (Å²) in [5.74, 6) is 0.422. The molecule has 1 aliphatic heterocycles. The summed E-state index contributed by atoms with van der Waals surface area (Å²) in [6, 6.07) is 22.9. The van der Waals surface area contributed by atoms with Crippen LogP contribution in [0.25, 0.3) is 6.08 Å². The van der Waals surface area contributed by atoms with Crippen LogP contribution in [0.15, 0.2) is 85.2 Å². The Labute approximate surface area is 176 Å². The Bertz CT molecular complexity index is 1060. The average Bonchev–Trinajstić information content (AvgIpc) is 2.78. The molecule has 4 rings (SSSR count). The van der Waals surface area contributed by atoms with Crippen molar-refractivity contribution in [2.24, 2.45) is 0 Å². The summed E-state index contributed by atoms with van der Waals surface area (Å²) in [4.78, 5) is 33.5. The molecular weight excluding hydrogens is 374 g/mol. The second kappa shape index (κ2) is 8.74. The van der Waals surface area contributed by atoms with Gasteiger partial charge >= 0.3 is 0 Å². The van der Waals surface area contributed by atoms with Crippen molar-refractivity contribution >= 4 is 23.7 Å². The first-order valence-electron chi connectivity index (χ1n) is 9.95. The van der Waals surface area contributed by atoms with Crippen LogP contribution in [-0.4, -0.2) is 21.7 Å². The van der Waals surface area contributed by atoms with Crippen LogP contribution < -0.4 is 4.90 Å². The van der Waals surface area contributed by atoms with Gasteiger partial charge in [0, 0.05) is 19.3 Å². The maximum Gasteiger partial charge on any atom is 0.230 e. The number of carbonyl (C=O) groups is 2. The van der Waals surface area contributed by atoms with Gasteiger partial charge in [-0.3, -0.25) is 14.5 Å². The van der Waals surface area contributed by atoms with E-state index < -0.39 is 0 Å². The van der Waals surface area contributed by atoms with Gasteiger partial charge in [-0.1, -0.05) is 60.7 Å². The Morgan fingerprint density at radius 2 is 1.70 bits per heavy atom. The number of carbonyl (C=O) groups excluding carboxylic acids is 2. The Hall–Kier alpha value is -3.73. The molecule has 150 valence electrons. The maximum absolute atomic E-state index is 13.5. The molecule has 3 aromatic rings. The standard InChI is InChI=1S/C25H23N3O2/c1-19(29)27-16-14-21-11-5-6-12-22(21)23(27)17-25(30)28(24-13-7-8-15-26-24)18-20-9-3-2-4-10-20/h2-16,23H,17-18H2,1H3/t23-/m1/s1. The van der Waals surface area contributed by atoms with Gasteiger partial charge < -0.3 is 4.90 Å². The van der Waals surface area contributed by atoms with Crippen molar-refractivity contribution in [2.75, 3.05) is 4.90 Å². The topological polar surface area (TPSA) is 53.5 Å². The van der Waals surface area contributed by atoms with Crippen molar-refractivity contribution in [1.29, 1.82) is 0 Å². The zero-order chi connectivity index (χ0) is 20.9. The van der Waals surface area contributed by atoms with E-state index in [0.29, 0.717) is 12.4 Å². The van der Waals surface area contributed by atoms with E-state index in [9.17, 15) is 9.59 Å². The lowest BCUT2D eigenvalue weighted by Crippen LogP contribution is -2.37. The monoisotopic (exact) mass is 397 g/mol. The molecule has 0 saturated carbocycles. The summed E-state index contributed by atoms with van der Waals surface area (Å²) in [5, 5.41) is 0. The highest BCUT2D eigenvalue weighted by molar-refractivity contribution is 5.93. The minimum absolute atomic E-state index is 0.0843. The molecule has 2 aromatic carbocycles. The number of pyridine rings is 1. The lowest BCUT2D eigenvalue weighted by atomic mass is 9.93. The largest absolute Gasteiger partial charge is 0.311 e. The molecule has 1 aliphatic rings. The molecular formula is C25H23N3O2. The molecule has 2 amide bonds. The van der Waals surface area contributed by atoms with Gasteiger partial charge in [0.05, 0.1) is 19.0 Å². The van der Waals surface area contributed by atoms with E-state index in [-0.39, 0.29) is 24.3 Å². The van der Waals surface area contributed by atoms with Crippen LogP contribution >= 0.6 is 0 Å². The number of nitrogens with zero attached hydrogens (tertiary/aromatic N) is 3. The first-order chi connectivity index (χ1) is 14.6. The summed E-state index contributed by atoms with van der Waals surface area (Å²) in [5.41, 5.74) is 3.02. The molecule has 2 heterocycles. The van der Waals surface area contributed by atoms with Crippen LogP contribution in [0.4, 0.5) is 5.82 Å². The molecule has 0 saturated heterocycles. The van der Waals surface area contributed by atoms with E-state index in [2.05, 4.69) is 4.98 Å². The highest BCUT2D eigenvalue weighted by Crippen LogP contribution is 2.34. The van der Waals surface area contributed by atoms with E-state index >= 15 is 0 Å². The van der Waals surface area contributed by atoms with Gasteiger partial charge in [-0.15, -0.1) is 0 Å². The van der Waals surface area contributed by atoms with Gasteiger partial charge in [0.2, 0.25) is 11.8 Å². The second-order valence-corrected chi connectivity index (χ2v) is 7.24. The van der Waals surface area contributed by atoms with Crippen molar-refractivity contribution in [1.82, 2.24) is 9.88 Å². The van der Waals surface area contributed by atoms with Crippen molar-refractivity contribution < 1.29 is 9.59 Å². The normalized spacial score (nSPS) is 14.8. The highest BCUT2D eigenvalue weighted by atomic mass is 16.2. The molecule has 0 fully saturated rings. The molecule has 5 heteroatoms. The molecule has 1 aromatic heterocycles. The molecule has 1 atom stereocenters. The Morgan fingerprint density at radius 1 is 0.967 bits per heavy atom. The summed E-state index contributed by atoms with van der Waals surface area (Å²) < 4.78 is 0. The number of rotatable bonds is 5. The Kier molecular flexibility index (Phi) is 5.70. The SMILES string of the molecule is CC(=O)N1C=Cc2ccccc2[C@H]1CC(=O)N(Cc1ccccc1)c1ccccn1. The van der Waals surface area contributed by atoms with Crippen LogP contribution in [0, 0.1) is 0 Å². The zero-order valence-electron chi connectivity index (χ0n) is 16.8. The predicted octanol–water partition coefficient (Wildman–Crippen LogP) is 4.58. The van der Waals surface area contributed by atoms with E-state index in [1.54, 1.807) is 22.2 Å². The number of anilines is 1. The summed E-state index contributed by atoms with van der Waals surface area (Å²) in [6.45, 7) is 1.94. The Balaban J connectivity index is 1.66. The molecule has 0 bridgehead atoms. The molecule has 5 nitrogen and oxygen atoms in total. The fourth-order valence-corrected chi connectivity index (χ4v) is 3.77. The number of amides is 2. The zero-order valence-corrected chi connectivity index (χ0v) is 16.8. The van der Waals surface area contributed by atoms with Gasteiger partial charge in [0.25, 0.3) is 0 Å². The highest BCUT2D eigenvalue weighted by Gasteiger charge is 2.30. The lowest BCUT2D eigenvalue weighted by molar-refractivity contribution is -0.129. The summed E-state index contributed by atoms with van der Waals surface area (Å²) in [6.07, 6.45) is 5.54. The van der Waals surface area contributed by atoms with Gasteiger partial charge in [-0.05, 0) is 34.9 Å². The van der Waals surface area contributed by atoms with Crippen molar-refractivity contribution in [3.63, 3.8) is 0 Å². The molecule has 0 aliphatic carbocycles. The van der Waals surface area contributed by atoms with Crippen LogP contribution in [-0.2, 0) is 16.1 Å². The lowest BCUT2D eigenvalue weighted by Gasteiger charge is -2.33. The van der Waals surface area contributed by atoms with Gasteiger partial charge in [0.1, 0.15) is 5.82 Å². The Morgan fingerprint density at radius 3 is 2.43 bits per heavy atom. The summed E-state index contributed by atoms with van der Waals surface area (Å²) in [7, 11) is 0. The molecule has 0 spiro atoms. The van der Waals surface area contributed by atoms with Crippen LogP contribution in [0.5, 0.6) is 0 Å². The van der Waals surface area contributed by atoms with E-state index in [1.165, 1.54) is 6.92 Å².